The van der Waals surface area contributed by atoms with Crippen LogP contribution in [0.25, 0.3) is 0 Å². The lowest BCUT2D eigenvalue weighted by molar-refractivity contribution is 0.215. The quantitative estimate of drug-likeness (QED) is 0.771. The minimum absolute atomic E-state index is 0.152. The molecule has 0 fully saturated rings. The summed E-state index contributed by atoms with van der Waals surface area (Å²) >= 11 is 1.24. The van der Waals surface area contributed by atoms with Crippen LogP contribution in [0.4, 0.5) is 0 Å². The van der Waals surface area contributed by atoms with E-state index in [4.69, 9.17) is 4.89 Å². The molecule has 0 bridgehead atoms. The smallest absolute Gasteiger partial charge is 0.394 e. The molecule has 1 rings (SSSR count). The van der Waals surface area contributed by atoms with Gasteiger partial charge in [0.15, 0.2) is 5.06 Å². The second-order valence-electron chi connectivity index (χ2n) is 1.91. The minimum atomic E-state index is -3.87. The molecule has 68 valence electrons. The highest BCUT2D eigenvalue weighted by atomic mass is 32.1. The first kappa shape index (κ1) is 9.74. The molecule has 1 unspecified atom stereocenters. The van der Waals surface area contributed by atoms with Gasteiger partial charge in [0.2, 0.25) is 0 Å². The first-order valence-electron chi connectivity index (χ1n) is 3.34. The Kier molecular flexibility index (Phi) is 3.29. The maximum Gasteiger partial charge on any atom is 0.528 e. The summed E-state index contributed by atoms with van der Waals surface area (Å²) in [6.45, 7) is 1.78. The average molecular weight is 208 g/mol. The lowest BCUT2D eigenvalue weighted by atomic mass is 10.7. The van der Waals surface area contributed by atoms with E-state index in [0.717, 1.165) is 0 Å². The lowest BCUT2D eigenvalue weighted by Gasteiger charge is -2.09. The second-order valence-corrected chi connectivity index (χ2v) is 4.20. The van der Waals surface area contributed by atoms with Crippen LogP contribution in [-0.4, -0.2) is 11.5 Å². The monoisotopic (exact) mass is 208 g/mol. The molecule has 1 heterocycles. The highest BCUT2D eigenvalue weighted by Crippen LogP contribution is 2.44. The number of hydrogen-bond donors (Lipinski definition) is 1. The fraction of sp³-hybridized carbons (Fsp3) is 0.333. The Labute approximate surface area is 74.4 Å². The van der Waals surface area contributed by atoms with Crippen LogP contribution in [0, 0.1) is 0 Å². The first-order valence-corrected chi connectivity index (χ1v) is 5.72. The van der Waals surface area contributed by atoms with Crippen LogP contribution in [0.1, 0.15) is 6.92 Å². The molecule has 0 aliphatic heterocycles. The van der Waals surface area contributed by atoms with Gasteiger partial charge in [-0.1, -0.05) is 0 Å². The van der Waals surface area contributed by atoms with E-state index in [1.54, 1.807) is 24.4 Å². The van der Waals surface area contributed by atoms with Crippen LogP contribution < -0.4 is 4.52 Å². The van der Waals surface area contributed by atoms with Crippen molar-refractivity contribution in [1.29, 1.82) is 0 Å². The zero-order valence-corrected chi connectivity index (χ0v) is 8.18. The van der Waals surface area contributed by atoms with Gasteiger partial charge in [-0.05, 0) is 24.4 Å². The molecule has 0 radical (unpaired) electrons. The van der Waals surface area contributed by atoms with Crippen molar-refractivity contribution in [3.8, 4) is 5.06 Å². The average Bonchev–Trinajstić information content (AvgIpc) is 2.38. The standard InChI is InChI=1S/C6H9O4PS/c1-2-9-11(7,8)10-6-4-3-5-12-6/h3-5H,2H2,1H3,(H,7,8). The van der Waals surface area contributed by atoms with Gasteiger partial charge in [0, 0.05) is 0 Å². The summed E-state index contributed by atoms with van der Waals surface area (Å²) < 4.78 is 20.2. The number of rotatable bonds is 4. The molecule has 4 nitrogen and oxygen atoms in total. The van der Waals surface area contributed by atoms with Crippen LogP contribution in [0.15, 0.2) is 17.5 Å². The highest BCUT2D eigenvalue weighted by Gasteiger charge is 2.21. The van der Waals surface area contributed by atoms with Crippen molar-refractivity contribution in [2.45, 2.75) is 6.92 Å². The Balaban J connectivity index is 2.56. The first-order chi connectivity index (χ1) is 5.64. The van der Waals surface area contributed by atoms with Crippen LogP contribution in [-0.2, 0) is 9.09 Å². The van der Waals surface area contributed by atoms with Gasteiger partial charge in [0.1, 0.15) is 0 Å². The van der Waals surface area contributed by atoms with E-state index in [-0.39, 0.29) is 6.61 Å². The summed E-state index contributed by atoms with van der Waals surface area (Å²) in [4.78, 5) is 9.00. The number of phosphoric acid groups is 1. The van der Waals surface area contributed by atoms with Gasteiger partial charge in [0.25, 0.3) is 0 Å². The molecule has 12 heavy (non-hydrogen) atoms. The SMILES string of the molecule is CCOP(=O)(O)Oc1cccs1. The van der Waals surface area contributed by atoms with Gasteiger partial charge in [-0.25, -0.2) is 4.57 Å². The zero-order valence-electron chi connectivity index (χ0n) is 6.47. The van der Waals surface area contributed by atoms with Crippen LogP contribution in [0.3, 0.4) is 0 Å². The third-order valence-electron chi connectivity index (χ3n) is 0.993. The lowest BCUT2D eigenvalue weighted by Crippen LogP contribution is -1.95. The van der Waals surface area contributed by atoms with E-state index >= 15 is 0 Å². The van der Waals surface area contributed by atoms with Crippen molar-refractivity contribution < 1.29 is 18.5 Å². The maximum absolute atomic E-state index is 11.0. The highest BCUT2D eigenvalue weighted by molar-refractivity contribution is 7.48. The van der Waals surface area contributed by atoms with E-state index in [2.05, 4.69) is 9.05 Å². The molecule has 1 N–H and O–H groups in total. The second kappa shape index (κ2) is 4.05. The molecule has 1 atom stereocenters. The fourth-order valence-electron chi connectivity index (χ4n) is 0.619. The van der Waals surface area contributed by atoms with E-state index < -0.39 is 7.82 Å². The van der Waals surface area contributed by atoms with Crippen molar-refractivity contribution >= 4 is 19.2 Å². The molecule has 0 aromatic carbocycles. The summed E-state index contributed by atoms with van der Waals surface area (Å²) in [6.07, 6.45) is 0. The normalized spacial score (nSPS) is 15.5. The number of hydrogen-bond acceptors (Lipinski definition) is 4. The van der Waals surface area contributed by atoms with E-state index in [1.807, 2.05) is 0 Å². The molecule has 0 saturated heterocycles. The molecule has 0 saturated carbocycles. The van der Waals surface area contributed by atoms with E-state index in [1.165, 1.54) is 11.3 Å². The summed E-state index contributed by atoms with van der Waals surface area (Å²) in [5.41, 5.74) is 0. The summed E-state index contributed by atoms with van der Waals surface area (Å²) in [6, 6.07) is 3.33. The molecular formula is C6H9O4PS. The van der Waals surface area contributed by atoms with E-state index in [0.29, 0.717) is 5.06 Å². The number of thiophene rings is 1. The molecule has 0 aliphatic carbocycles. The Morgan fingerprint density at radius 3 is 3.00 bits per heavy atom. The van der Waals surface area contributed by atoms with Crippen LogP contribution in [0.2, 0.25) is 0 Å². The Morgan fingerprint density at radius 2 is 2.50 bits per heavy atom. The van der Waals surface area contributed by atoms with Crippen molar-refractivity contribution in [3.63, 3.8) is 0 Å². The molecule has 1 aromatic heterocycles. The molecular weight excluding hydrogens is 199 g/mol. The minimum Gasteiger partial charge on any atom is -0.394 e. The topological polar surface area (TPSA) is 55.8 Å². The summed E-state index contributed by atoms with van der Waals surface area (Å²) in [5.74, 6) is 0. The van der Waals surface area contributed by atoms with Crippen molar-refractivity contribution in [2.75, 3.05) is 6.61 Å². The largest absolute Gasteiger partial charge is 0.528 e. The Morgan fingerprint density at radius 1 is 1.75 bits per heavy atom. The molecule has 1 aromatic rings. The van der Waals surface area contributed by atoms with Crippen molar-refractivity contribution in [1.82, 2.24) is 0 Å². The van der Waals surface area contributed by atoms with Gasteiger partial charge >= 0.3 is 7.82 Å². The molecule has 6 heteroatoms. The maximum atomic E-state index is 11.0. The summed E-state index contributed by atoms with van der Waals surface area (Å²) in [7, 11) is -3.87. The van der Waals surface area contributed by atoms with E-state index in [9.17, 15) is 4.57 Å². The Hall–Kier alpha value is -0.350. The van der Waals surface area contributed by atoms with Gasteiger partial charge in [-0.3, -0.25) is 9.42 Å². The molecule has 0 amide bonds. The third-order valence-corrected chi connectivity index (χ3v) is 2.87. The predicted molar refractivity (Wildman–Crippen MR) is 46.4 cm³/mol. The van der Waals surface area contributed by atoms with Crippen LogP contribution >= 0.6 is 19.2 Å². The summed E-state index contributed by atoms with van der Waals surface area (Å²) in [5, 5.41) is 2.13. The van der Waals surface area contributed by atoms with Gasteiger partial charge < -0.3 is 4.52 Å². The number of phosphoric ester groups is 1. The van der Waals surface area contributed by atoms with Gasteiger partial charge in [-0.15, -0.1) is 11.3 Å². The fourth-order valence-corrected chi connectivity index (χ4v) is 2.19. The van der Waals surface area contributed by atoms with Crippen molar-refractivity contribution in [3.05, 3.63) is 17.5 Å². The van der Waals surface area contributed by atoms with Gasteiger partial charge in [0.05, 0.1) is 6.61 Å². The molecule has 0 aliphatic rings. The molecule has 0 spiro atoms. The Bertz CT molecular complexity index is 271. The zero-order chi connectivity index (χ0) is 9.03. The van der Waals surface area contributed by atoms with Crippen molar-refractivity contribution in [2.24, 2.45) is 0 Å². The third kappa shape index (κ3) is 2.95. The van der Waals surface area contributed by atoms with Crippen LogP contribution in [0.5, 0.6) is 5.06 Å². The predicted octanol–water partition coefficient (Wildman–Crippen LogP) is 2.26. The van der Waals surface area contributed by atoms with Gasteiger partial charge in [-0.2, -0.15) is 0 Å².